The average Bonchev–Trinajstić information content (AvgIpc) is 1.61. The lowest BCUT2D eigenvalue weighted by Crippen LogP contribution is -2.34. The summed E-state index contributed by atoms with van der Waals surface area (Å²) in [4.78, 5) is 0. The largest absolute Gasteiger partial charge is 0.327 e. The van der Waals surface area contributed by atoms with E-state index in [-0.39, 0.29) is 6.04 Å². The molecule has 0 saturated heterocycles. The van der Waals surface area contributed by atoms with E-state index in [2.05, 4.69) is 19.2 Å². The maximum atomic E-state index is 5.48. The van der Waals surface area contributed by atoms with E-state index < -0.39 is 0 Å². The molecule has 0 aromatic carbocycles. The van der Waals surface area contributed by atoms with Crippen LogP contribution < -0.4 is 11.1 Å². The van der Waals surface area contributed by atoms with Crippen LogP contribution in [-0.2, 0) is 0 Å². The Labute approximate surface area is 51.5 Å². The zero-order valence-electron chi connectivity index (χ0n) is 5.94. The Morgan fingerprint density at radius 1 is 1.38 bits per heavy atom. The highest BCUT2D eigenvalue weighted by Gasteiger charge is 1.93. The molecule has 2 heteroatoms. The molecular formula is C6H16N2. The van der Waals surface area contributed by atoms with Crippen molar-refractivity contribution in [3.8, 4) is 0 Å². The molecule has 0 radical (unpaired) electrons. The van der Waals surface area contributed by atoms with Crippen molar-refractivity contribution in [2.45, 2.75) is 32.9 Å². The van der Waals surface area contributed by atoms with E-state index in [9.17, 15) is 0 Å². The van der Waals surface area contributed by atoms with Crippen LogP contribution in [0.15, 0.2) is 0 Å². The second-order valence-electron chi connectivity index (χ2n) is 2.54. The van der Waals surface area contributed by atoms with Crippen LogP contribution in [0.2, 0.25) is 0 Å². The predicted molar refractivity (Wildman–Crippen MR) is 36.8 cm³/mol. The zero-order chi connectivity index (χ0) is 6.57. The molecule has 50 valence electrons. The summed E-state index contributed by atoms with van der Waals surface area (Å²) in [5, 5.41) is 3.22. The lowest BCUT2D eigenvalue weighted by atomic mass is 10.3. The van der Waals surface area contributed by atoms with Crippen molar-refractivity contribution < 1.29 is 0 Å². The number of hydrogen-bond acceptors (Lipinski definition) is 2. The fourth-order valence-corrected chi connectivity index (χ4v) is 0.422. The second kappa shape index (κ2) is 3.87. The van der Waals surface area contributed by atoms with Crippen LogP contribution in [0, 0.1) is 0 Å². The van der Waals surface area contributed by atoms with Gasteiger partial charge in [0.15, 0.2) is 0 Å². The lowest BCUT2D eigenvalue weighted by Gasteiger charge is -2.09. The van der Waals surface area contributed by atoms with Gasteiger partial charge in [-0.3, -0.25) is 0 Å². The van der Waals surface area contributed by atoms with Gasteiger partial charge >= 0.3 is 0 Å². The quantitative estimate of drug-likeness (QED) is 0.557. The van der Waals surface area contributed by atoms with E-state index in [1.54, 1.807) is 0 Å². The Morgan fingerprint density at radius 2 is 1.88 bits per heavy atom. The van der Waals surface area contributed by atoms with Gasteiger partial charge in [-0.25, -0.2) is 0 Å². The predicted octanol–water partition coefficient (Wildman–Crippen LogP) is 0.332. The molecule has 0 saturated carbocycles. The summed E-state index contributed by atoms with van der Waals surface area (Å²) in [6, 6.07) is 0.832. The van der Waals surface area contributed by atoms with E-state index in [1.165, 1.54) is 0 Å². The Morgan fingerprint density at radius 3 is 2.00 bits per heavy atom. The molecule has 8 heavy (non-hydrogen) atoms. The number of nitrogens with two attached hydrogens (primary N) is 1. The van der Waals surface area contributed by atoms with Crippen molar-refractivity contribution in [2.24, 2.45) is 5.73 Å². The molecule has 1 unspecified atom stereocenters. The number of hydrogen-bond donors (Lipinski definition) is 2. The molecule has 0 heterocycles. The first kappa shape index (κ1) is 7.92. The van der Waals surface area contributed by atoms with Crippen LogP contribution in [0.5, 0.6) is 0 Å². The Balaban J connectivity index is 2.93. The SMILES string of the molecule is CC(N)CNC(C)C. The highest BCUT2D eigenvalue weighted by Crippen LogP contribution is 1.76. The summed E-state index contributed by atoms with van der Waals surface area (Å²) in [5.41, 5.74) is 5.48. The van der Waals surface area contributed by atoms with E-state index >= 15 is 0 Å². The van der Waals surface area contributed by atoms with Gasteiger partial charge in [-0.05, 0) is 6.92 Å². The smallest absolute Gasteiger partial charge is 0.0136 e. The first-order chi connectivity index (χ1) is 3.63. The molecule has 0 spiro atoms. The topological polar surface area (TPSA) is 38.0 Å². The normalized spacial score (nSPS) is 14.6. The van der Waals surface area contributed by atoms with Crippen LogP contribution in [-0.4, -0.2) is 18.6 Å². The third kappa shape index (κ3) is 5.92. The first-order valence-electron chi connectivity index (χ1n) is 3.12. The molecule has 0 bridgehead atoms. The number of nitrogens with one attached hydrogen (secondary N) is 1. The van der Waals surface area contributed by atoms with Crippen molar-refractivity contribution >= 4 is 0 Å². The van der Waals surface area contributed by atoms with Gasteiger partial charge in [-0.1, -0.05) is 13.8 Å². The van der Waals surface area contributed by atoms with Crippen molar-refractivity contribution in [3.63, 3.8) is 0 Å². The molecule has 0 fully saturated rings. The van der Waals surface area contributed by atoms with Gasteiger partial charge in [-0.15, -0.1) is 0 Å². The molecule has 2 nitrogen and oxygen atoms in total. The third-order valence-electron chi connectivity index (χ3n) is 0.848. The highest BCUT2D eigenvalue weighted by atomic mass is 14.9. The minimum atomic E-state index is 0.275. The van der Waals surface area contributed by atoms with Crippen LogP contribution in [0.1, 0.15) is 20.8 Å². The second-order valence-corrected chi connectivity index (χ2v) is 2.54. The maximum absolute atomic E-state index is 5.48. The van der Waals surface area contributed by atoms with Gasteiger partial charge in [0.1, 0.15) is 0 Å². The minimum absolute atomic E-state index is 0.275. The highest BCUT2D eigenvalue weighted by molar-refractivity contribution is 4.59. The van der Waals surface area contributed by atoms with Crippen LogP contribution in [0.25, 0.3) is 0 Å². The fraction of sp³-hybridized carbons (Fsp3) is 1.00. The van der Waals surface area contributed by atoms with Gasteiger partial charge in [0.2, 0.25) is 0 Å². The molecule has 0 aliphatic rings. The van der Waals surface area contributed by atoms with E-state index in [4.69, 9.17) is 5.73 Å². The summed E-state index contributed by atoms with van der Waals surface area (Å²) in [6.07, 6.45) is 0. The Kier molecular flexibility index (Phi) is 3.83. The van der Waals surface area contributed by atoms with Crippen molar-refractivity contribution in [2.75, 3.05) is 6.54 Å². The molecule has 0 aliphatic heterocycles. The molecule has 0 rings (SSSR count). The van der Waals surface area contributed by atoms with Gasteiger partial charge in [0, 0.05) is 18.6 Å². The first-order valence-corrected chi connectivity index (χ1v) is 3.12. The van der Waals surface area contributed by atoms with Crippen LogP contribution >= 0.6 is 0 Å². The van der Waals surface area contributed by atoms with Gasteiger partial charge in [-0.2, -0.15) is 0 Å². The molecule has 0 aliphatic carbocycles. The van der Waals surface area contributed by atoms with Crippen molar-refractivity contribution in [1.29, 1.82) is 0 Å². The van der Waals surface area contributed by atoms with E-state index in [0.29, 0.717) is 6.04 Å². The zero-order valence-corrected chi connectivity index (χ0v) is 5.94. The summed E-state index contributed by atoms with van der Waals surface area (Å²) < 4.78 is 0. The van der Waals surface area contributed by atoms with Crippen molar-refractivity contribution in [3.05, 3.63) is 0 Å². The van der Waals surface area contributed by atoms with E-state index in [1.807, 2.05) is 6.92 Å². The monoisotopic (exact) mass is 116 g/mol. The Bertz CT molecular complexity index is 42.5. The van der Waals surface area contributed by atoms with Gasteiger partial charge in [0.05, 0.1) is 0 Å². The van der Waals surface area contributed by atoms with Gasteiger partial charge in [0.25, 0.3) is 0 Å². The molecule has 1 atom stereocenters. The fourth-order valence-electron chi connectivity index (χ4n) is 0.422. The summed E-state index contributed by atoms with van der Waals surface area (Å²) in [5.74, 6) is 0. The minimum Gasteiger partial charge on any atom is -0.327 e. The third-order valence-corrected chi connectivity index (χ3v) is 0.848. The lowest BCUT2D eigenvalue weighted by molar-refractivity contribution is 0.545. The van der Waals surface area contributed by atoms with Crippen LogP contribution in [0.3, 0.4) is 0 Å². The average molecular weight is 116 g/mol. The Hall–Kier alpha value is -0.0800. The van der Waals surface area contributed by atoms with E-state index in [0.717, 1.165) is 6.54 Å². The molecule has 0 aromatic heterocycles. The molecule has 0 amide bonds. The molecule has 0 aromatic rings. The molecule has 3 N–H and O–H groups in total. The standard InChI is InChI=1S/C6H16N2/c1-5(2)8-4-6(3)7/h5-6,8H,4,7H2,1-3H3. The molecular weight excluding hydrogens is 100 g/mol. The summed E-state index contributed by atoms with van der Waals surface area (Å²) in [7, 11) is 0. The number of rotatable bonds is 3. The summed E-state index contributed by atoms with van der Waals surface area (Å²) in [6.45, 7) is 7.14. The summed E-state index contributed by atoms with van der Waals surface area (Å²) >= 11 is 0. The van der Waals surface area contributed by atoms with Gasteiger partial charge < -0.3 is 11.1 Å². The maximum Gasteiger partial charge on any atom is 0.0136 e. The van der Waals surface area contributed by atoms with Crippen LogP contribution in [0.4, 0.5) is 0 Å². The van der Waals surface area contributed by atoms with Crippen molar-refractivity contribution in [1.82, 2.24) is 5.32 Å².